The molecule has 0 aromatic carbocycles. The van der Waals surface area contributed by atoms with Gasteiger partial charge in [-0.3, -0.25) is 14.4 Å². The molecule has 1 amide bonds. The standard InChI is InChI=1S/C19H33N5O2.2ClH/c1-14-10-23(11-15(2)26-14)12-16-5-7-24(8-6-16)19(25)18(20-3)17-9-21-22(4)13-17;;/h9,13-16,18,20H,5-8,10-12H2,1-4H3;2*1H. The molecule has 3 heterocycles. The Balaban J connectivity index is 0.00000196. The van der Waals surface area contributed by atoms with Gasteiger partial charge < -0.3 is 15.0 Å². The molecule has 7 nitrogen and oxygen atoms in total. The van der Waals surface area contributed by atoms with Crippen LogP contribution in [-0.2, 0) is 16.6 Å². The molecule has 3 unspecified atom stereocenters. The minimum absolute atomic E-state index is 0. The Kier molecular flexibility index (Phi) is 10.2. The molecule has 2 aliphatic heterocycles. The Labute approximate surface area is 181 Å². The van der Waals surface area contributed by atoms with Gasteiger partial charge in [-0.05, 0) is 39.7 Å². The highest BCUT2D eigenvalue weighted by molar-refractivity contribution is 5.85. The second-order valence-electron chi connectivity index (χ2n) is 7.91. The second-order valence-corrected chi connectivity index (χ2v) is 7.91. The van der Waals surface area contributed by atoms with Gasteiger partial charge in [-0.25, -0.2) is 0 Å². The summed E-state index contributed by atoms with van der Waals surface area (Å²) in [5.74, 6) is 0.829. The number of amides is 1. The average Bonchev–Trinajstić information content (AvgIpc) is 3.01. The molecule has 1 aromatic rings. The summed E-state index contributed by atoms with van der Waals surface area (Å²) in [6, 6.07) is -0.304. The zero-order valence-corrected chi connectivity index (χ0v) is 19.0. The van der Waals surface area contributed by atoms with Gasteiger partial charge in [0.1, 0.15) is 6.04 Å². The number of nitrogens with zero attached hydrogens (tertiary/aromatic N) is 4. The van der Waals surface area contributed by atoms with Crippen molar-refractivity contribution in [2.45, 2.75) is 44.9 Å². The minimum atomic E-state index is -0.304. The van der Waals surface area contributed by atoms with Crippen LogP contribution >= 0.6 is 24.8 Å². The van der Waals surface area contributed by atoms with Crippen molar-refractivity contribution in [2.75, 3.05) is 39.8 Å². The van der Waals surface area contributed by atoms with E-state index >= 15 is 0 Å². The first-order valence-corrected chi connectivity index (χ1v) is 9.78. The van der Waals surface area contributed by atoms with Crippen molar-refractivity contribution in [3.63, 3.8) is 0 Å². The summed E-state index contributed by atoms with van der Waals surface area (Å²) in [7, 11) is 3.71. The number of halogens is 2. The Morgan fingerprint density at radius 3 is 2.36 bits per heavy atom. The molecule has 0 radical (unpaired) electrons. The van der Waals surface area contributed by atoms with Gasteiger partial charge in [0.2, 0.25) is 5.91 Å². The molecule has 162 valence electrons. The number of hydrogen-bond acceptors (Lipinski definition) is 5. The average molecular weight is 436 g/mol. The highest BCUT2D eigenvalue weighted by Crippen LogP contribution is 2.23. The number of aromatic nitrogens is 2. The SMILES string of the molecule is CNC(C(=O)N1CCC(CN2CC(C)OC(C)C2)CC1)c1cnn(C)c1.Cl.Cl. The number of rotatable bonds is 5. The van der Waals surface area contributed by atoms with Crippen LogP contribution in [0.25, 0.3) is 0 Å². The fraction of sp³-hybridized carbons (Fsp3) is 0.789. The number of nitrogens with one attached hydrogen (secondary N) is 1. The lowest BCUT2D eigenvalue weighted by Crippen LogP contribution is -2.49. The lowest BCUT2D eigenvalue weighted by Gasteiger charge is -2.40. The van der Waals surface area contributed by atoms with Gasteiger partial charge in [0.15, 0.2) is 0 Å². The third-order valence-corrected chi connectivity index (χ3v) is 5.53. The van der Waals surface area contributed by atoms with Gasteiger partial charge >= 0.3 is 0 Å². The van der Waals surface area contributed by atoms with Crippen LogP contribution in [0, 0.1) is 5.92 Å². The van der Waals surface area contributed by atoms with Crippen LogP contribution in [-0.4, -0.2) is 77.5 Å². The molecule has 0 bridgehead atoms. The van der Waals surface area contributed by atoms with E-state index in [-0.39, 0.29) is 36.8 Å². The van der Waals surface area contributed by atoms with Gasteiger partial charge in [0.25, 0.3) is 0 Å². The van der Waals surface area contributed by atoms with E-state index in [1.807, 2.05) is 25.2 Å². The Morgan fingerprint density at radius 2 is 1.86 bits per heavy atom. The minimum Gasteiger partial charge on any atom is -0.373 e. The van der Waals surface area contributed by atoms with Crippen LogP contribution in [0.5, 0.6) is 0 Å². The predicted octanol–water partition coefficient (Wildman–Crippen LogP) is 1.87. The van der Waals surface area contributed by atoms with E-state index in [0.717, 1.165) is 51.1 Å². The van der Waals surface area contributed by atoms with Gasteiger partial charge in [-0.15, -0.1) is 24.8 Å². The molecule has 9 heteroatoms. The zero-order chi connectivity index (χ0) is 18.7. The summed E-state index contributed by atoms with van der Waals surface area (Å²) in [6.07, 6.45) is 6.47. The zero-order valence-electron chi connectivity index (χ0n) is 17.3. The third kappa shape index (κ3) is 6.32. The number of ether oxygens (including phenoxy) is 1. The lowest BCUT2D eigenvalue weighted by atomic mass is 9.95. The highest BCUT2D eigenvalue weighted by Gasteiger charge is 2.31. The van der Waals surface area contributed by atoms with Crippen molar-refractivity contribution < 1.29 is 9.53 Å². The van der Waals surface area contributed by atoms with Crippen LogP contribution in [0.1, 0.15) is 38.3 Å². The number of carbonyl (C=O) groups excluding carboxylic acids is 1. The van der Waals surface area contributed by atoms with Crippen LogP contribution in [0.3, 0.4) is 0 Å². The van der Waals surface area contributed by atoms with E-state index in [1.54, 1.807) is 10.9 Å². The second kappa shape index (κ2) is 11.4. The van der Waals surface area contributed by atoms with Crippen LogP contribution in [0.2, 0.25) is 0 Å². The van der Waals surface area contributed by atoms with Crippen molar-refractivity contribution in [1.29, 1.82) is 0 Å². The monoisotopic (exact) mass is 435 g/mol. The van der Waals surface area contributed by atoms with Crippen molar-refractivity contribution in [3.05, 3.63) is 18.0 Å². The third-order valence-electron chi connectivity index (χ3n) is 5.53. The van der Waals surface area contributed by atoms with Crippen molar-refractivity contribution in [3.8, 4) is 0 Å². The fourth-order valence-electron chi connectivity index (χ4n) is 4.34. The van der Waals surface area contributed by atoms with Crippen molar-refractivity contribution in [1.82, 2.24) is 24.9 Å². The highest BCUT2D eigenvalue weighted by atomic mass is 35.5. The molecule has 2 aliphatic rings. The summed E-state index contributed by atoms with van der Waals surface area (Å²) in [5.41, 5.74) is 0.929. The van der Waals surface area contributed by atoms with Crippen LogP contribution in [0.4, 0.5) is 0 Å². The smallest absolute Gasteiger partial charge is 0.244 e. The molecule has 1 aromatic heterocycles. The molecule has 2 saturated heterocycles. The Morgan fingerprint density at radius 1 is 1.25 bits per heavy atom. The fourth-order valence-corrected chi connectivity index (χ4v) is 4.34. The topological polar surface area (TPSA) is 62.6 Å². The molecule has 0 saturated carbocycles. The van der Waals surface area contributed by atoms with Gasteiger partial charge in [0.05, 0.1) is 18.4 Å². The van der Waals surface area contributed by atoms with Crippen LogP contribution in [0.15, 0.2) is 12.4 Å². The molecular weight excluding hydrogens is 401 g/mol. The van der Waals surface area contributed by atoms with E-state index < -0.39 is 0 Å². The maximum absolute atomic E-state index is 12.9. The van der Waals surface area contributed by atoms with E-state index in [2.05, 4.69) is 29.2 Å². The summed E-state index contributed by atoms with van der Waals surface area (Å²) in [5, 5.41) is 7.34. The Hall–Kier alpha value is -0.860. The number of hydrogen-bond donors (Lipinski definition) is 1. The Bertz CT molecular complexity index is 597. The van der Waals surface area contributed by atoms with Gasteiger partial charge in [-0.1, -0.05) is 0 Å². The quantitative estimate of drug-likeness (QED) is 0.764. The molecule has 1 N–H and O–H groups in total. The largest absolute Gasteiger partial charge is 0.373 e. The molecular formula is C19H35Cl2N5O2. The first kappa shape index (κ1) is 25.2. The molecule has 0 aliphatic carbocycles. The number of likely N-dealkylation sites (tertiary alicyclic amines) is 1. The van der Waals surface area contributed by atoms with E-state index in [0.29, 0.717) is 18.1 Å². The molecule has 3 atom stereocenters. The predicted molar refractivity (Wildman–Crippen MR) is 115 cm³/mol. The van der Waals surface area contributed by atoms with Crippen molar-refractivity contribution in [2.24, 2.45) is 13.0 Å². The number of carbonyl (C=O) groups is 1. The van der Waals surface area contributed by atoms with E-state index in [1.165, 1.54) is 0 Å². The summed E-state index contributed by atoms with van der Waals surface area (Å²) in [6.45, 7) is 9.16. The maximum atomic E-state index is 12.9. The van der Waals surface area contributed by atoms with Gasteiger partial charge in [0, 0.05) is 51.5 Å². The molecule has 3 rings (SSSR count). The summed E-state index contributed by atoms with van der Waals surface area (Å²) >= 11 is 0. The molecule has 0 spiro atoms. The number of aryl methyl sites for hydroxylation is 1. The van der Waals surface area contributed by atoms with Crippen LogP contribution < -0.4 is 5.32 Å². The first-order chi connectivity index (χ1) is 12.5. The number of likely N-dealkylation sites (N-methyl/N-ethyl adjacent to an activating group) is 1. The van der Waals surface area contributed by atoms with Gasteiger partial charge in [-0.2, -0.15) is 5.10 Å². The van der Waals surface area contributed by atoms with Crippen molar-refractivity contribution >= 4 is 30.7 Å². The maximum Gasteiger partial charge on any atom is 0.244 e. The number of piperidine rings is 1. The van der Waals surface area contributed by atoms with E-state index in [4.69, 9.17) is 4.74 Å². The normalized spacial score (nSPS) is 24.9. The summed E-state index contributed by atoms with van der Waals surface area (Å²) < 4.78 is 7.57. The molecule has 28 heavy (non-hydrogen) atoms. The summed E-state index contributed by atoms with van der Waals surface area (Å²) in [4.78, 5) is 17.5. The first-order valence-electron chi connectivity index (χ1n) is 9.78. The molecule has 2 fully saturated rings. The lowest BCUT2D eigenvalue weighted by molar-refractivity contribution is -0.135. The van der Waals surface area contributed by atoms with E-state index in [9.17, 15) is 4.79 Å². The number of morpholine rings is 1.